The first-order chi connectivity index (χ1) is 11.0. The fourth-order valence-electron chi connectivity index (χ4n) is 2.60. The molecule has 128 valence electrons. The highest BCUT2D eigenvalue weighted by molar-refractivity contribution is 9.10. The Morgan fingerprint density at radius 3 is 2.87 bits per heavy atom. The van der Waals surface area contributed by atoms with Crippen LogP contribution in [0.15, 0.2) is 22.7 Å². The molecule has 1 N–H and O–H groups in total. The molecule has 4 nitrogen and oxygen atoms in total. The Morgan fingerprint density at radius 2 is 2.17 bits per heavy atom. The number of halogens is 2. The summed E-state index contributed by atoms with van der Waals surface area (Å²) in [4.78, 5) is 14.3. The SMILES string of the molecule is CC1CCN(CCCNC(=O)COc2ccc(Br)cc2Cl)CC1. The van der Waals surface area contributed by atoms with Gasteiger partial charge in [0.15, 0.2) is 6.61 Å². The first-order valence-corrected chi connectivity index (χ1v) is 9.28. The van der Waals surface area contributed by atoms with Crippen molar-refractivity contribution in [3.05, 3.63) is 27.7 Å². The molecule has 1 amide bonds. The Kier molecular flexibility index (Phi) is 7.66. The average molecular weight is 404 g/mol. The number of amides is 1. The van der Waals surface area contributed by atoms with Gasteiger partial charge in [-0.1, -0.05) is 34.5 Å². The fourth-order valence-corrected chi connectivity index (χ4v) is 3.33. The second kappa shape index (κ2) is 9.50. The number of ether oxygens (including phenoxy) is 1. The topological polar surface area (TPSA) is 41.6 Å². The molecular weight excluding hydrogens is 380 g/mol. The highest BCUT2D eigenvalue weighted by atomic mass is 79.9. The lowest BCUT2D eigenvalue weighted by atomic mass is 9.99. The van der Waals surface area contributed by atoms with Gasteiger partial charge in [0.2, 0.25) is 0 Å². The number of hydrogen-bond acceptors (Lipinski definition) is 3. The number of piperidine rings is 1. The van der Waals surface area contributed by atoms with Crippen molar-refractivity contribution in [1.82, 2.24) is 10.2 Å². The predicted molar refractivity (Wildman–Crippen MR) is 97.1 cm³/mol. The zero-order chi connectivity index (χ0) is 16.7. The van der Waals surface area contributed by atoms with E-state index in [9.17, 15) is 4.79 Å². The van der Waals surface area contributed by atoms with Crippen molar-refractivity contribution in [1.29, 1.82) is 0 Å². The normalized spacial score (nSPS) is 16.3. The Bertz CT molecular complexity index is 519. The van der Waals surface area contributed by atoms with Crippen LogP contribution < -0.4 is 10.1 Å². The number of nitrogens with one attached hydrogen (secondary N) is 1. The summed E-state index contributed by atoms with van der Waals surface area (Å²) in [7, 11) is 0. The average Bonchev–Trinajstić information content (AvgIpc) is 2.52. The van der Waals surface area contributed by atoms with Gasteiger partial charge in [0.1, 0.15) is 5.75 Å². The number of nitrogens with zero attached hydrogens (tertiary/aromatic N) is 1. The second-order valence-corrected chi connectivity index (χ2v) is 7.41. The van der Waals surface area contributed by atoms with E-state index in [1.807, 2.05) is 6.07 Å². The van der Waals surface area contributed by atoms with E-state index in [4.69, 9.17) is 16.3 Å². The van der Waals surface area contributed by atoms with E-state index in [-0.39, 0.29) is 12.5 Å². The van der Waals surface area contributed by atoms with E-state index in [2.05, 4.69) is 33.1 Å². The van der Waals surface area contributed by atoms with Gasteiger partial charge in [-0.15, -0.1) is 0 Å². The lowest BCUT2D eigenvalue weighted by molar-refractivity contribution is -0.123. The molecule has 0 saturated carbocycles. The van der Waals surface area contributed by atoms with Gasteiger partial charge < -0.3 is 15.0 Å². The molecule has 1 aliphatic rings. The van der Waals surface area contributed by atoms with Gasteiger partial charge in [-0.25, -0.2) is 0 Å². The quantitative estimate of drug-likeness (QED) is 0.706. The Morgan fingerprint density at radius 1 is 1.43 bits per heavy atom. The van der Waals surface area contributed by atoms with E-state index in [0.29, 0.717) is 17.3 Å². The zero-order valence-electron chi connectivity index (χ0n) is 13.5. The van der Waals surface area contributed by atoms with Crippen molar-refractivity contribution < 1.29 is 9.53 Å². The molecule has 0 unspecified atom stereocenters. The minimum absolute atomic E-state index is 0.0113. The van der Waals surface area contributed by atoms with Crippen LogP contribution in [-0.4, -0.2) is 43.6 Å². The van der Waals surface area contributed by atoms with Crippen molar-refractivity contribution in [3.63, 3.8) is 0 Å². The molecule has 6 heteroatoms. The van der Waals surface area contributed by atoms with Crippen LogP contribution in [0.4, 0.5) is 0 Å². The maximum absolute atomic E-state index is 11.8. The highest BCUT2D eigenvalue weighted by Gasteiger charge is 2.14. The maximum Gasteiger partial charge on any atom is 0.257 e. The third kappa shape index (κ3) is 6.69. The highest BCUT2D eigenvalue weighted by Crippen LogP contribution is 2.27. The molecule has 0 bridgehead atoms. The van der Waals surface area contributed by atoms with E-state index in [1.54, 1.807) is 12.1 Å². The molecule has 0 aromatic heterocycles. The van der Waals surface area contributed by atoms with E-state index in [0.717, 1.165) is 23.4 Å². The van der Waals surface area contributed by atoms with E-state index < -0.39 is 0 Å². The van der Waals surface area contributed by atoms with Crippen LogP contribution in [0.3, 0.4) is 0 Å². The molecule has 1 fully saturated rings. The second-order valence-electron chi connectivity index (χ2n) is 6.09. The summed E-state index contributed by atoms with van der Waals surface area (Å²) in [6.07, 6.45) is 3.54. The maximum atomic E-state index is 11.8. The van der Waals surface area contributed by atoms with E-state index >= 15 is 0 Å². The van der Waals surface area contributed by atoms with Gasteiger partial charge in [-0.3, -0.25) is 4.79 Å². The third-order valence-corrected chi connectivity index (χ3v) is 4.89. The molecule has 1 aliphatic heterocycles. The summed E-state index contributed by atoms with van der Waals surface area (Å²) in [5.41, 5.74) is 0. The lowest BCUT2D eigenvalue weighted by Gasteiger charge is -2.30. The van der Waals surface area contributed by atoms with Crippen molar-refractivity contribution in [2.75, 3.05) is 32.8 Å². The smallest absolute Gasteiger partial charge is 0.257 e. The molecular formula is C17H24BrClN2O2. The first-order valence-electron chi connectivity index (χ1n) is 8.11. The Hall–Kier alpha value is -0.780. The molecule has 1 aromatic rings. The predicted octanol–water partition coefficient (Wildman–Crippen LogP) is 3.72. The van der Waals surface area contributed by atoms with Crippen LogP contribution >= 0.6 is 27.5 Å². The number of likely N-dealkylation sites (tertiary alicyclic amines) is 1. The molecule has 0 atom stereocenters. The number of carbonyl (C=O) groups excluding carboxylic acids is 1. The van der Waals surface area contributed by atoms with Crippen molar-refractivity contribution in [2.24, 2.45) is 5.92 Å². The lowest BCUT2D eigenvalue weighted by Crippen LogP contribution is -2.36. The Labute approximate surface area is 151 Å². The zero-order valence-corrected chi connectivity index (χ0v) is 15.8. The van der Waals surface area contributed by atoms with Gasteiger partial charge in [0.05, 0.1) is 5.02 Å². The summed E-state index contributed by atoms with van der Waals surface area (Å²) in [5, 5.41) is 3.38. The van der Waals surface area contributed by atoms with Crippen LogP contribution in [0.2, 0.25) is 5.02 Å². The summed E-state index contributed by atoms with van der Waals surface area (Å²) in [6, 6.07) is 5.32. The third-order valence-electron chi connectivity index (χ3n) is 4.10. The minimum atomic E-state index is -0.115. The number of hydrogen-bond donors (Lipinski definition) is 1. The van der Waals surface area contributed by atoms with Crippen molar-refractivity contribution >= 4 is 33.4 Å². The summed E-state index contributed by atoms with van der Waals surface area (Å²) in [6.45, 7) is 6.40. The molecule has 2 rings (SSSR count). The largest absolute Gasteiger partial charge is 0.482 e. The van der Waals surface area contributed by atoms with Crippen molar-refractivity contribution in [2.45, 2.75) is 26.2 Å². The Balaban J connectivity index is 1.58. The van der Waals surface area contributed by atoms with Gasteiger partial charge >= 0.3 is 0 Å². The summed E-state index contributed by atoms with van der Waals surface area (Å²) >= 11 is 9.37. The van der Waals surface area contributed by atoms with Crippen LogP contribution in [0.5, 0.6) is 5.75 Å². The molecule has 23 heavy (non-hydrogen) atoms. The summed E-state index contributed by atoms with van der Waals surface area (Å²) < 4.78 is 6.32. The van der Waals surface area contributed by atoms with Crippen LogP contribution in [0.1, 0.15) is 26.2 Å². The monoisotopic (exact) mass is 402 g/mol. The number of carbonyl (C=O) groups is 1. The van der Waals surface area contributed by atoms with Gasteiger partial charge in [0.25, 0.3) is 5.91 Å². The molecule has 1 aromatic carbocycles. The fraction of sp³-hybridized carbons (Fsp3) is 0.588. The first kappa shape index (κ1) is 18.6. The van der Waals surface area contributed by atoms with Gasteiger partial charge in [-0.05, 0) is 63.0 Å². The molecule has 1 saturated heterocycles. The van der Waals surface area contributed by atoms with Crippen LogP contribution in [0, 0.1) is 5.92 Å². The molecule has 0 aliphatic carbocycles. The molecule has 0 radical (unpaired) electrons. The van der Waals surface area contributed by atoms with Gasteiger partial charge in [-0.2, -0.15) is 0 Å². The van der Waals surface area contributed by atoms with Crippen LogP contribution in [0.25, 0.3) is 0 Å². The summed E-state index contributed by atoms with van der Waals surface area (Å²) in [5.74, 6) is 1.26. The number of rotatable bonds is 7. The van der Waals surface area contributed by atoms with Crippen LogP contribution in [-0.2, 0) is 4.79 Å². The molecule has 0 spiro atoms. The minimum Gasteiger partial charge on any atom is -0.482 e. The van der Waals surface area contributed by atoms with Crippen molar-refractivity contribution in [3.8, 4) is 5.75 Å². The standard InChI is InChI=1S/C17H24BrClN2O2/c1-13-5-9-21(10-6-13)8-2-7-20-17(22)12-23-16-4-3-14(18)11-15(16)19/h3-4,11,13H,2,5-10,12H2,1H3,(H,20,22). The molecule has 1 heterocycles. The number of benzene rings is 1. The van der Waals surface area contributed by atoms with Gasteiger partial charge in [0, 0.05) is 11.0 Å². The van der Waals surface area contributed by atoms with E-state index in [1.165, 1.54) is 25.9 Å².